The van der Waals surface area contributed by atoms with Crippen molar-refractivity contribution >= 4 is 0 Å². The van der Waals surface area contributed by atoms with Crippen molar-refractivity contribution in [3.63, 3.8) is 0 Å². The van der Waals surface area contributed by atoms with Gasteiger partial charge >= 0.3 is 0 Å². The van der Waals surface area contributed by atoms with Crippen LogP contribution in [0.2, 0.25) is 0 Å². The van der Waals surface area contributed by atoms with Crippen molar-refractivity contribution in [3.8, 4) is 0 Å². The van der Waals surface area contributed by atoms with E-state index in [1.807, 2.05) is 6.20 Å². The van der Waals surface area contributed by atoms with Gasteiger partial charge in [0, 0.05) is 30.7 Å². The largest absolute Gasteiger partial charge is 0.336 e. The predicted octanol–water partition coefficient (Wildman–Crippen LogP) is 3.01. The first-order valence-electron chi connectivity index (χ1n) is 6.40. The molecular formula is C14H21N3. The second-order valence-electron chi connectivity index (χ2n) is 4.52. The third-order valence-electron chi connectivity index (χ3n) is 3.11. The fraction of sp³-hybridized carbons (Fsp3) is 0.500. The molecule has 0 atom stereocenters. The zero-order valence-electron chi connectivity index (χ0n) is 11.0. The van der Waals surface area contributed by atoms with Crippen LogP contribution in [0.5, 0.6) is 0 Å². The molecular weight excluding hydrogens is 210 g/mol. The number of aryl methyl sites for hydroxylation is 3. The minimum absolute atomic E-state index is 0.874. The normalized spacial score (nSPS) is 11.0. The first-order valence-corrected chi connectivity index (χ1v) is 6.40. The molecule has 0 N–H and O–H groups in total. The van der Waals surface area contributed by atoms with Crippen molar-refractivity contribution < 1.29 is 0 Å². The number of aromatic nitrogens is 3. The van der Waals surface area contributed by atoms with E-state index in [-0.39, 0.29) is 0 Å². The molecule has 2 heterocycles. The maximum absolute atomic E-state index is 4.42. The molecule has 92 valence electrons. The molecule has 0 fully saturated rings. The topological polar surface area (TPSA) is 22.8 Å². The predicted molar refractivity (Wildman–Crippen MR) is 70.2 cm³/mol. The van der Waals surface area contributed by atoms with Gasteiger partial charge in [0.15, 0.2) is 0 Å². The molecule has 0 spiro atoms. The van der Waals surface area contributed by atoms with Gasteiger partial charge in [-0.25, -0.2) is 4.98 Å². The highest BCUT2D eigenvalue weighted by Crippen LogP contribution is 2.09. The van der Waals surface area contributed by atoms with Crippen LogP contribution in [-0.2, 0) is 19.5 Å². The van der Waals surface area contributed by atoms with E-state index < -0.39 is 0 Å². The Labute approximate surface area is 103 Å². The van der Waals surface area contributed by atoms with Crippen molar-refractivity contribution in [3.05, 3.63) is 41.7 Å². The average molecular weight is 231 g/mol. The Morgan fingerprint density at radius 2 is 2.12 bits per heavy atom. The van der Waals surface area contributed by atoms with E-state index in [2.05, 4.69) is 53.3 Å². The fourth-order valence-electron chi connectivity index (χ4n) is 2.16. The molecule has 0 aliphatic carbocycles. The van der Waals surface area contributed by atoms with Gasteiger partial charge in [-0.3, -0.25) is 0 Å². The van der Waals surface area contributed by atoms with Gasteiger partial charge in [-0.1, -0.05) is 20.3 Å². The Bertz CT molecular complexity index is 479. The van der Waals surface area contributed by atoms with Crippen LogP contribution in [0.3, 0.4) is 0 Å². The molecule has 0 saturated heterocycles. The summed E-state index contributed by atoms with van der Waals surface area (Å²) in [6.45, 7) is 7.35. The van der Waals surface area contributed by atoms with Gasteiger partial charge in [-0.2, -0.15) is 0 Å². The third-order valence-corrected chi connectivity index (χ3v) is 3.11. The summed E-state index contributed by atoms with van der Waals surface area (Å²) in [5.41, 5.74) is 2.65. The van der Waals surface area contributed by atoms with Crippen LogP contribution in [0.1, 0.15) is 37.4 Å². The summed E-state index contributed by atoms with van der Waals surface area (Å²) in [6, 6.07) is 2.21. The Kier molecular flexibility index (Phi) is 3.67. The summed E-state index contributed by atoms with van der Waals surface area (Å²) < 4.78 is 4.51. The second kappa shape index (κ2) is 5.21. The molecule has 2 aromatic rings. The molecule has 3 nitrogen and oxygen atoms in total. The second-order valence-corrected chi connectivity index (χ2v) is 4.52. The molecule has 0 unspecified atom stereocenters. The van der Waals surface area contributed by atoms with E-state index in [4.69, 9.17) is 0 Å². The van der Waals surface area contributed by atoms with E-state index in [9.17, 15) is 0 Å². The third kappa shape index (κ3) is 2.60. The maximum atomic E-state index is 4.42. The number of nitrogens with zero attached hydrogens (tertiary/aromatic N) is 3. The van der Waals surface area contributed by atoms with E-state index in [1.54, 1.807) is 0 Å². The van der Waals surface area contributed by atoms with Crippen LogP contribution in [0, 0.1) is 6.92 Å². The van der Waals surface area contributed by atoms with Crippen LogP contribution >= 0.6 is 0 Å². The molecule has 2 rings (SSSR count). The van der Waals surface area contributed by atoms with Gasteiger partial charge in [-0.15, -0.1) is 0 Å². The highest BCUT2D eigenvalue weighted by Gasteiger charge is 2.05. The monoisotopic (exact) mass is 231 g/mol. The summed E-state index contributed by atoms with van der Waals surface area (Å²) in [5.74, 6) is 1.16. The summed E-state index contributed by atoms with van der Waals surface area (Å²) in [5, 5.41) is 0. The lowest BCUT2D eigenvalue weighted by Gasteiger charge is -2.10. The minimum atomic E-state index is 0.874. The molecule has 3 heteroatoms. The van der Waals surface area contributed by atoms with E-state index in [1.165, 1.54) is 17.7 Å². The Morgan fingerprint density at radius 3 is 2.82 bits per heavy atom. The maximum Gasteiger partial charge on any atom is 0.110 e. The standard InChI is InChI=1S/C14H21N3/c1-4-6-13-7-8-16(10-13)11-17-12(3)9-15-14(17)5-2/h7-10H,4-6,11H2,1-3H3. The summed E-state index contributed by atoms with van der Waals surface area (Å²) >= 11 is 0. The quantitative estimate of drug-likeness (QED) is 0.775. The summed E-state index contributed by atoms with van der Waals surface area (Å²) in [7, 11) is 0. The van der Waals surface area contributed by atoms with Gasteiger partial charge < -0.3 is 9.13 Å². The molecule has 0 amide bonds. The zero-order valence-corrected chi connectivity index (χ0v) is 11.0. The molecule has 0 radical (unpaired) electrons. The molecule has 17 heavy (non-hydrogen) atoms. The van der Waals surface area contributed by atoms with Crippen LogP contribution in [0.4, 0.5) is 0 Å². The first-order chi connectivity index (χ1) is 8.24. The fourth-order valence-corrected chi connectivity index (χ4v) is 2.16. The summed E-state index contributed by atoms with van der Waals surface area (Å²) in [4.78, 5) is 4.42. The first kappa shape index (κ1) is 12.0. The van der Waals surface area contributed by atoms with Crippen LogP contribution < -0.4 is 0 Å². The molecule has 0 bridgehead atoms. The highest BCUT2D eigenvalue weighted by atomic mass is 15.2. The minimum Gasteiger partial charge on any atom is -0.336 e. The van der Waals surface area contributed by atoms with Gasteiger partial charge in [0.25, 0.3) is 0 Å². The Morgan fingerprint density at radius 1 is 1.29 bits per heavy atom. The van der Waals surface area contributed by atoms with Crippen molar-refractivity contribution in [2.24, 2.45) is 0 Å². The number of hydrogen-bond donors (Lipinski definition) is 0. The highest BCUT2D eigenvalue weighted by molar-refractivity contribution is 5.11. The molecule has 2 aromatic heterocycles. The van der Waals surface area contributed by atoms with E-state index in [0.717, 1.165) is 25.3 Å². The molecule has 0 saturated carbocycles. The van der Waals surface area contributed by atoms with Crippen LogP contribution in [0.15, 0.2) is 24.7 Å². The van der Waals surface area contributed by atoms with Gasteiger partial charge in [0.05, 0.1) is 6.67 Å². The van der Waals surface area contributed by atoms with Crippen LogP contribution in [-0.4, -0.2) is 14.1 Å². The van der Waals surface area contributed by atoms with Gasteiger partial charge in [0.1, 0.15) is 5.82 Å². The smallest absolute Gasteiger partial charge is 0.110 e. The molecule has 0 aliphatic heterocycles. The van der Waals surface area contributed by atoms with Crippen molar-refractivity contribution in [2.45, 2.75) is 46.7 Å². The molecule has 0 aliphatic rings. The lowest BCUT2D eigenvalue weighted by Crippen LogP contribution is -2.10. The lowest BCUT2D eigenvalue weighted by molar-refractivity contribution is 0.572. The van der Waals surface area contributed by atoms with E-state index >= 15 is 0 Å². The van der Waals surface area contributed by atoms with Gasteiger partial charge in [-0.05, 0) is 25.0 Å². The Balaban J connectivity index is 2.16. The zero-order chi connectivity index (χ0) is 12.3. The van der Waals surface area contributed by atoms with Crippen molar-refractivity contribution in [2.75, 3.05) is 0 Å². The number of rotatable bonds is 5. The van der Waals surface area contributed by atoms with Gasteiger partial charge in [0.2, 0.25) is 0 Å². The molecule has 0 aromatic carbocycles. The number of imidazole rings is 1. The van der Waals surface area contributed by atoms with E-state index in [0.29, 0.717) is 0 Å². The average Bonchev–Trinajstić information content (AvgIpc) is 2.89. The van der Waals surface area contributed by atoms with Crippen molar-refractivity contribution in [1.82, 2.24) is 14.1 Å². The lowest BCUT2D eigenvalue weighted by atomic mass is 10.2. The Hall–Kier alpha value is -1.51. The van der Waals surface area contributed by atoms with Crippen LogP contribution in [0.25, 0.3) is 0 Å². The number of hydrogen-bond acceptors (Lipinski definition) is 1. The summed E-state index contributed by atoms with van der Waals surface area (Å²) in [6.07, 6.45) is 9.70. The van der Waals surface area contributed by atoms with Crippen molar-refractivity contribution in [1.29, 1.82) is 0 Å². The SMILES string of the molecule is CCCc1ccn(Cn2c(C)cnc2CC)c1.